The minimum absolute atomic E-state index is 0.0736. The molecule has 1 N–H and O–H groups in total. The molecular formula is C13H17NO3S2. The third-order valence-electron chi connectivity index (χ3n) is 3.12. The van der Waals surface area contributed by atoms with Crippen LogP contribution in [0.15, 0.2) is 29.2 Å². The zero-order chi connectivity index (χ0) is 13.9. The van der Waals surface area contributed by atoms with Crippen molar-refractivity contribution in [1.82, 2.24) is 5.32 Å². The van der Waals surface area contributed by atoms with Gasteiger partial charge in [-0.15, -0.1) is 11.8 Å². The van der Waals surface area contributed by atoms with E-state index in [1.165, 1.54) is 0 Å². The molecule has 0 aromatic heterocycles. The van der Waals surface area contributed by atoms with Crippen LogP contribution in [0.3, 0.4) is 0 Å². The highest BCUT2D eigenvalue weighted by molar-refractivity contribution is 7.98. The lowest BCUT2D eigenvalue weighted by Crippen LogP contribution is -2.36. The van der Waals surface area contributed by atoms with Crippen molar-refractivity contribution in [2.45, 2.75) is 23.8 Å². The van der Waals surface area contributed by atoms with Gasteiger partial charge in [0.1, 0.15) is 0 Å². The summed E-state index contributed by atoms with van der Waals surface area (Å²) >= 11 is 1.66. The number of amides is 1. The van der Waals surface area contributed by atoms with Crippen LogP contribution in [0.5, 0.6) is 0 Å². The minimum atomic E-state index is -2.94. The van der Waals surface area contributed by atoms with Crippen molar-refractivity contribution in [3.8, 4) is 0 Å². The van der Waals surface area contributed by atoms with Crippen LogP contribution in [-0.4, -0.2) is 38.1 Å². The average molecular weight is 299 g/mol. The van der Waals surface area contributed by atoms with Gasteiger partial charge in [-0.2, -0.15) is 0 Å². The number of carbonyl (C=O) groups excluding carboxylic acids is 1. The van der Waals surface area contributed by atoms with Crippen LogP contribution in [0.2, 0.25) is 0 Å². The van der Waals surface area contributed by atoms with Crippen LogP contribution < -0.4 is 5.32 Å². The maximum atomic E-state index is 11.8. The number of thioether (sulfide) groups is 1. The largest absolute Gasteiger partial charge is 0.352 e. The second kappa shape index (κ2) is 5.96. The van der Waals surface area contributed by atoms with E-state index in [9.17, 15) is 13.2 Å². The quantitative estimate of drug-likeness (QED) is 0.850. The Bertz CT molecular complexity index is 552. The first kappa shape index (κ1) is 14.4. The van der Waals surface area contributed by atoms with E-state index in [1.54, 1.807) is 11.8 Å². The fourth-order valence-electron chi connectivity index (χ4n) is 2.12. The molecule has 1 atom stereocenters. The summed E-state index contributed by atoms with van der Waals surface area (Å²) in [7, 11) is -2.94. The predicted molar refractivity (Wildman–Crippen MR) is 77.1 cm³/mol. The summed E-state index contributed by atoms with van der Waals surface area (Å²) in [5.41, 5.74) is 0.941. The van der Waals surface area contributed by atoms with Crippen LogP contribution in [-0.2, 0) is 21.1 Å². The maximum absolute atomic E-state index is 11.8. The van der Waals surface area contributed by atoms with Crippen LogP contribution in [0, 0.1) is 0 Å². The van der Waals surface area contributed by atoms with Gasteiger partial charge in [0.05, 0.1) is 17.9 Å². The van der Waals surface area contributed by atoms with Crippen molar-refractivity contribution < 1.29 is 13.2 Å². The molecule has 2 rings (SSSR count). The van der Waals surface area contributed by atoms with Crippen molar-refractivity contribution in [3.63, 3.8) is 0 Å². The van der Waals surface area contributed by atoms with Crippen molar-refractivity contribution in [1.29, 1.82) is 0 Å². The fraction of sp³-hybridized carbons (Fsp3) is 0.462. The van der Waals surface area contributed by atoms with E-state index in [-0.39, 0.29) is 23.5 Å². The van der Waals surface area contributed by atoms with Gasteiger partial charge in [0.25, 0.3) is 0 Å². The lowest BCUT2D eigenvalue weighted by molar-refractivity contribution is -0.120. The molecule has 6 heteroatoms. The monoisotopic (exact) mass is 299 g/mol. The third-order valence-corrected chi connectivity index (χ3v) is 5.63. The normalized spacial score (nSPS) is 21.2. The van der Waals surface area contributed by atoms with Gasteiger partial charge in [0, 0.05) is 10.9 Å². The molecule has 1 unspecified atom stereocenters. The Morgan fingerprint density at radius 1 is 1.37 bits per heavy atom. The molecule has 1 heterocycles. The summed E-state index contributed by atoms with van der Waals surface area (Å²) in [5, 5.41) is 2.79. The summed E-state index contributed by atoms with van der Waals surface area (Å²) in [6.45, 7) is 0. The van der Waals surface area contributed by atoms with E-state index < -0.39 is 9.84 Å². The Morgan fingerprint density at radius 3 is 2.58 bits per heavy atom. The summed E-state index contributed by atoms with van der Waals surface area (Å²) in [5.74, 6) is 0.142. The SMILES string of the molecule is CSc1ccc(CC(=O)NC2CCS(=O)(=O)C2)cc1. The number of rotatable bonds is 4. The van der Waals surface area contributed by atoms with E-state index in [1.807, 2.05) is 30.5 Å². The van der Waals surface area contributed by atoms with Gasteiger partial charge < -0.3 is 5.32 Å². The summed E-state index contributed by atoms with van der Waals surface area (Å²) in [6, 6.07) is 7.59. The highest BCUT2D eigenvalue weighted by Crippen LogP contribution is 2.15. The molecule has 1 fully saturated rings. The first-order chi connectivity index (χ1) is 8.98. The van der Waals surface area contributed by atoms with E-state index in [0.29, 0.717) is 12.8 Å². The molecule has 1 aliphatic rings. The number of sulfone groups is 1. The Morgan fingerprint density at radius 2 is 2.05 bits per heavy atom. The van der Waals surface area contributed by atoms with Gasteiger partial charge >= 0.3 is 0 Å². The highest BCUT2D eigenvalue weighted by atomic mass is 32.2. The van der Waals surface area contributed by atoms with Crippen molar-refractivity contribution in [2.24, 2.45) is 0 Å². The second-order valence-electron chi connectivity index (χ2n) is 4.69. The minimum Gasteiger partial charge on any atom is -0.352 e. The molecule has 1 amide bonds. The zero-order valence-electron chi connectivity index (χ0n) is 10.8. The molecule has 1 saturated heterocycles. The van der Waals surface area contributed by atoms with E-state index >= 15 is 0 Å². The Balaban J connectivity index is 1.87. The molecule has 104 valence electrons. The van der Waals surface area contributed by atoms with E-state index in [0.717, 1.165) is 10.5 Å². The van der Waals surface area contributed by atoms with Gasteiger partial charge in [-0.05, 0) is 30.4 Å². The molecule has 0 spiro atoms. The Labute approximate surface area is 117 Å². The summed E-state index contributed by atoms with van der Waals surface area (Å²) < 4.78 is 22.6. The Kier molecular flexibility index (Phi) is 4.52. The zero-order valence-corrected chi connectivity index (χ0v) is 12.4. The average Bonchev–Trinajstić information content (AvgIpc) is 2.69. The van der Waals surface area contributed by atoms with Crippen LogP contribution in [0.25, 0.3) is 0 Å². The number of hydrogen-bond donors (Lipinski definition) is 1. The van der Waals surface area contributed by atoms with Gasteiger partial charge in [-0.1, -0.05) is 12.1 Å². The molecular weight excluding hydrogens is 282 g/mol. The first-order valence-electron chi connectivity index (χ1n) is 6.11. The smallest absolute Gasteiger partial charge is 0.224 e. The molecule has 0 saturated carbocycles. The van der Waals surface area contributed by atoms with Crippen molar-refractivity contribution >= 4 is 27.5 Å². The van der Waals surface area contributed by atoms with Gasteiger partial charge in [0.15, 0.2) is 9.84 Å². The van der Waals surface area contributed by atoms with Crippen molar-refractivity contribution in [2.75, 3.05) is 17.8 Å². The lowest BCUT2D eigenvalue weighted by Gasteiger charge is -2.10. The van der Waals surface area contributed by atoms with Crippen LogP contribution in [0.1, 0.15) is 12.0 Å². The highest BCUT2D eigenvalue weighted by Gasteiger charge is 2.28. The number of benzene rings is 1. The predicted octanol–water partition coefficient (Wildman–Crippen LogP) is 1.25. The number of nitrogens with one attached hydrogen (secondary N) is 1. The fourth-order valence-corrected chi connectivity index (χ4v) is 4.20. The maximum Gasteiger partial charge on any atom is 0.224 e. The molecule has 4 nitrogen and oxygen atoms in total. The van der Waals surface area contributed by atoms with Gasteiger partial charge in [-0.25, -0.2) is 8.42 Å². The topological polar surface area (TPSA) is 63.2 Å². The molecule has 1 aliphatic heterocycles. The van der Waals surface area contributed by atoms with E-state index in [2.05, 4.69) is 5.32 Å². The second-order valence-corrected chi connectivity index (χ2v) is 7.80. The molecule has 1 aromatic rings. The molecule has 0 radical (unpaired) electrons. The van der Waals surface area contributed by atoms with Crippen LogP contribution >= 0.6 is 11.8 Å². The third kappa shape index (κ3) is 4.24. The molecule has 0 bridgehead atoms. The molecule has 19 heavy (non-hydrogen) atoms. The number of carbonyl (C=O) groups is 1. The standard InChI is InChI=1S/C13H17NO3S2/c1-18-12-4-2-10(3-5-12)8-13(15)14-11-6-7-19(16,17)9-11/h2-5,11H,6-9H2,1H3,(H,14,15). The van der Waals surface area contributed by atoms with Gasteiger partial charge in [-0.3, -0.25) is 4.79 Å². The van der Waals surface area contributed by atoms with Crippen LogP contribution in [0.4, 0.5) is 0 Å². The van der Waals surface area contributed by atoms with Crippen molar-refractivity contribution in [3.05, 3.63) is 29.8 Å². The first-order valence-corrected chi connectivity index (χ1v) is 9.16. The lowest BCUT2D eigenvalue weighted by atomic mass is 10.1. The Hall–Kier alpha value is -1.01. The van der Waals surface area contributed by atoms with E-state index in [4.69, 9.17) is 0 Å². The number of hydrogen-bond acceptors (Lipinski definition) is 4. The molecule has 0 aliphatic carbocycles. The molecule has 1 aromatic carbocycles. The van der Waals surface area contributed by atoms with Gasteiger partial charge in [0.2, 0.25) is 5.91 Å². The summed E-state index contributed by atoms with van der Waals surface area (Å²) in [4.78, 5) is 13.0. The summed E-state index contributed by atoms with van der Waals surface area (Å²) in [6.07, 6.45) is 2.83.